The molecule has 0 spiro atoms. The fourth-order valence-electron chi connectivity index (χ4n) is 2.72. The third-order valence-electron chi connectivity index (χ3n) is 4.12. The number of urea groups is 1. The number of hydrogen-bond acceptors (Lipinski definition) is 4. The van der Waals surface area contributed by atoms with Gasteiger partial charge in [0.05, 0.1) is 5.25 Å². The third-order valence-corrected chi connectivity index (χ3v) is 6.27. The van der Waals surface area contributed by atoms with Crippen LogP contribution in [0.1, 0.15) is 18.4 Å². The molecule has 2 N–H and O–H groups in total. The fourth-order valence-corrected chi connectivity index (χ4v) is 4.39. The van der Waals surface area contributed by atoms with Crippen LogP contribution >= 0.6 is 0 Å². The van der Waals surface area contributed by atoms with Crippen molar-refractivity contribution in [3.63, 3.8) is 0 Å². The molecular formula is C16H23N3O4S. The highest BCUT2D eigenvalue weighted by Crippen LogP contribution is 2.20. The number of likely N-dealkylation sites (tertiary alicyclic amines) is 1. The molecule has 0 aromatic heterocycles. The molecule has 0 saturated carbocycles. The fraction of sp³-hybridized carbons (Fsp3) is 0.500. The lowest BCUT2D eigenvalue weighted by atomic mass is 10.1. The van der Waals surface area contributed by atoms with E-state index in [1.807, 2.05) is 31.2 Å². The van der Waals surface area contributed by atoms with Crippen molar-refractivity contribution in [1.29, 1.82) is 0 Å². The van der Waals surface area contributed by atoms with Crippen LogP contribution in [0.2, 0.25) is 0 Å². The number of amides is 3. The summed E-state index contributed by atoms with van der Waals surface area (Å²) in [5.41, 5.74) is 1.76. The summed E-state index contributed by atoms with van der Waals surface area (Å²) in [4.78, 5) is 25.2. The number of carbonyl (C=O) groups is 2. The Hall–Kier alpha value is -2.09. The van der Waals surface area contributed by atoms with Crippen molar-refractivity contribution in [3.05, 3.63) is 29.8 Å². The van der Waals surface area contributed by atoms with E-state index in [1.165, 1.54) is 7.05 Å². The van der Waals surface area contributed by atoms with Gasteiger partial charge in [-0.2, -0.15) is 0 Å². The highest BCUT2D eigenvalue weighted by Gasteiger charge is 2.32. The van der Waals surface area contributed by atoms with Gasteiger partial charge in [-0.05, 0) is 37.5 Å². The molecule has 1 fully saturated rings. The number of rotatable bonds is 4. The number of benzene rings is 1. The first-order valence-electron chi connectivity index (χ1n) is 7.86. The van der Waals surface area contributed by atoms with Crippen LogP contribution in [0, 0.1) is 6.92 Å². The van der Waals surface area contributed by atoms with Crippen molar-refractivity contribution >= 4 is 27.5 Å². The minimum Gasteiger partial charge on any atom is -0.358 e. The van der Waals surface area contributed by atoms with Gasteiger partial charge in [0.1, 0.15) is 5.75 Å². The number of nitrogens with one attached hydrogen (secondary N) is 2. The number of carbonyl (C=O) groups excluding carboxylic acids is 2. The predicted octanol–water partition coefficient (Wildman–Crippen LogP) is 1.15. The minimum atomic E-state index is -3.48. The van der Waals surface area contributed by atoms with E-state index in [2.05, 4.69) is 10.6 Å². The lowest BCUT2D eigenvalue weighted by Crippen LogP contribution is -2.45. The van der Waals surface area contributed by atoms with Gasteiger partial charge < -0.3 is 15.5 Å². The van der Waals surface area contributed by atoms with E-state index >= 15 is 0 Å². The molecule has 1 aromatic carbocycles. The topological polar surface area (TPSA) is 95.6 Å². The Labute approximate surface area is 142 Å². The second-order valence-corrected chi connectivity index (χ2v) is 8.25. The standard InChI is InChI=1S/C16H23N3O4S/c1-12-4-3-5-13(10-12)18-16(21)19-8-6-14(7-9-19)24(22,23)11-15(20)17-2/h3-5,10,14H,6-9,11H2,1-2H3,(H,17,20)(H,18,21). The number of sulfone groups is 1. The Morgan fingerprint density at radius 1 is 1.25 bits per heavy atom. The van der Waals surface area contributed by atoms with Gasteiger partial charge in [-0.25, -0.2) is 13.2 Å². The molecule has 0 aliphatic carbocycles. The number of hydrogen-bond donors (Lipinski definition) is 2. The highest BCUT2D eigenvalue weighted by molar-refractivity contribution is 7.92. The first-order valence-corrected chi connectivity index (χ1v) is 9.58. The first kappa shape index (κ1) is 18.3. The van der Waals surface area contributed by atoms with Gasteiger partial charge in [-0.1, -0.05) is 12.1 Å². The number of nitrogens with zero attached hydrogens (tertiary/aromatic N) is 1. The molecule has 0 radical (unpaired) electrons. The van der Waals surface area contributed by atoms with Crippen molar-refractivity contribution < 1.29 is 18.0 Å². The predicted molar refractivity (Wildman–Crippen MR) is 92.6 cm³/mol. The van der Waals surface area contributed by atoms with Gasteiger partial charge >= 0.3 is 6.03 Å². The quantitative estimate of drug-likeness (QED) is 0.849. The Morgan fingerprint density at radius 2 is 1.92 bits per heavy atom. The zero-order chi connectivity index (χ0) is 17.7. The largest absolute Gasteiger partial charge is 0.358 e. The normalized spacial score (nSPS) is 15.8. The van der Waals surface area contributed by atoms with Gasteiger partial charge in [-0.3, -0.25) is 4.79 Å². The van der Waals surface area contributed by atoms with Gasteiger partial charge in [0.15, 0.2) is 9.84 Å². The summed E-state index contributed by atoms with van der Waals surface area (Å²) in [5.74, 6) is -1.00. The van der Waals surface area contributed by atoms with Crippen LogP contribution in [-0.4, -0.2) is 56.4 Å². The van der Waals surface area contributed by atoms with Crippen molar-refractivity contribution in [2.24, 2.45) is 0 Å². The Morgan fingerprint density at radius 3 is 2.50 bits per heavy atom. The Bertz CT molecular complexity index is 710. The summed E-state index contributed by atoms with van der Waals surface area (Å²) >= 11 is 0. The highest BCUT2D eigenvalue weighted by atomic mass is 32.2. The van der Waals surface area contributed by atoms with Crippen LogP contribution in [0.5, 0.6) is 0 Å². The molecule has 3 amide bonds. The van der Waals surface area contributed by atoms with Crippen molar-refractivity contribution in [3.8, 4) is 0 Å². The average Bonchev–Trinajstić information content (AvgIpc) is 2.54. The van der Waals surface area contributed by atoms with Crippen LogP contribution in [-0.2, 0) is 14.6 Å². The second-order valence-electron chi connectivity index (χ2n) is 5.97. The molecule has 2 rings (SSSR count). The Balaban J connectivity index is 1.90. The molecule has 1 heterocycles. The van der Waals surface area contributed by atoms with Crippen LogP contribution in [0.4, 0.5) is 10.5 Å². The lowest BCUT2D eigenvalue weighted by molar-refractivity contribution is -0.118. The summed E-state index contributed by atoms with van der Waals surface area (Å²) in [6.45, 7) is 2.66. The van der Waals surface area contributed by atoms with Crippen molar-refractivity contribution in [2.75, 3.05) is 31.2 Å². The van der Waals surface area contributed by atoms with Gasteiger partial charge in [-0.15, -0.1) is 0 Å². The maximum absolute atomic E-state index is 12.3. The zero-order valence-electron chi connectivity index (χ0n) is 13.9. The molecule has 0 atom stereocenters. The maximum atomic E-state index is 12.3. The molecule has 0 unspecified atom stereocenters. The number of anilines is 1. The molecule has 0 bridgehead atoms. The zero-order valence-corrected chi connectivity index (χ0v) is 14.7. The third kappa shape index (κ3) is 4.70. The molecular weight excluding hydrogens is 330 g/mol. The van der Waals surface area contributed by atoms with E-state index in [-0.39, 0.29) is 6.03 Å². The number of aryl methyl sites for hydroxylation is 1. The molecule has 8 heteroatoms. The summed E-state index contributed by atoms with van der Waals surface area (Å²) in [6.07, 6.45) is 0.696. The molecule has 132 valence electrons. The molecule has 1 aromatic rings. The van der Waals surface area contributed by atoms with Crippen LogP contribution < -0.4 is 10.6 Å². The number of piperidine rings is 1. The molecule has 1 aliphatic rings. The summed E-state index contributed by atoms with van der Waals surface area (Å²) < 4.78 is 24.4. The van der Waals surface area contributed by atoms with E-state index in [0.717, 1.165) is 11.3 Å². The summed E-state index contributed by atoms with van der Waals surface area (Å²) in [7, 11) is -2.07. The molecule has 24 heavy (non-hydrogen) atoms. The van der Waals surface area contributed by atoms with E-state index in [4.69, 9.17) is 0 Å². The van der Waals surface area contributed by atoms with Crippen molar-refractivity contribution in [2.45, 2.75) is 25.0 Å². The maximum Gasteiger partial charge on any atom is 0.321 e. The summed E-state index contributed by atoms with van der Waals surface area (Å²) in [5, 5.41) is 4.58. The second kappa shape index (κ2) is 7.65. The van der Waals surface area contributed by atoms with E-state index in [0.29, 0.717) is 25.9 Å². The van der Waals surface area contributed by atoms with Gasteiger partial charge in [0.2, 0.25) is 5.91 Å². The van der Waals surface area contributed by atoms with Gasteiger partial charge in [0.25, 0.3) is 0 Å². The minimum absolute atomic E-state index is 0.234. The van der Waals surface area contributed by atoms with Crippen LogP contribution in [0.25, 0.3) is 0 Å². The SMILES string of the molecule is CNC(=O)CS(=O)(=O)C1CCN(C(=O)Nc2cccc(C)c2)CC1. The smallest absolute Gasteiger partial charge is 0.321 e. The Kier molecular flexibility index (Phi) is 5.82. The summed E-state index contributed by atoms with van der Waals surface area (Å²) in [6, 6.07) is 7.26. The van der Waals surface area contributed by atoms with Crippen molar-refractivity contribution in [1.82, 2.24) is 10.2 Å². The first-order chi connectivity index (χ1) is 11.3. The average molecular weight is 353 g/mol. The van der Waals surface area contributed by atoms with Crippen LogP contribution in [0.15, 0.2) is 24.3 Å². The van der Waals surface area contributed by atoms with Crippen LogP contribution in [0.3, 0.4) is 0 Å². The van der Waals surface area contributed by atoms with E-state index in [9.17, 15) is 18.0 Å². The lowest BCUT2D eigenvalue weighted by Gasteiger charge is -2.31. The molecule has 1 aliphatic heterocycles. The van der Waals surface area contributed by atoms with E-state index in [1.54, 1.807) is 4.90 Å². The monoisotopic (exact) mass is 353 g/mol. The van der Waals surface area contributed by atoms with E-state index < -0.39 is 26.7 Å². The van der Waals surface area contributed by atoms with Gasteiger partial charge in [0, 0.05) is 25.8 Å². The molecule has 7 nitrogen and oxygen atoms in total. The molecule has 1 saturated heterocycles.